The van der Waals surface area contributed by atoms with Gasteiger partial charge < -0.3 is 15.2 Å². The lowest BCUT2D eigenvalue weighted by Gasteiger charge is -2.09. The molecule has 0 amide bonds. The van der Waals surface area contributed by atoms with Crippen molar-refractivity contribution in [2.24, 2.45) is 0 Å². The maximum atomic E-state index is 10.6. The van der Waals surface area contributed by atoms with Crippen LogP contribution in [0.2, 0.25) is 5.02 Å². The number of benzene rings is 1. The van der Waals surface area contributed by atoms with Gasteiger partial charge >= 0.3 is 5.97 Å². The normalized spacial score (nSPS) is 10.2. The fourth-order valence-corrected chi connectivity index (χ4v) is 2.39. The molecule has 0 fully saturated rings. The number of aliphatic carboxylic acids is 1. The van der Waals surface area contributed by atoms with E-state index < -0.39 is 5.97 Å². The lowest BCUT2D eigenvalue weighted by atomic mass is 10.3. The number of nitrogens with one attached hydrogen (secondary N) is 1. The number of aromatic nitrogens is 1. The Kier molecular flexibility index (Phi) is 4.24. The van der Waals surface area contributed by atoms with E-state index in [2.05, 4.69) is 10.3 Å². The van der Waals surface area contributed by atoms with E-state index in [0.717, 1.165) is 0 Å². The molecular formula is C12H11ClN2O3S. The van der Waals surface area contributed by atoms with Gasteiger partial charge in [0.15, 0.2) is 5.13 Å². The van der Waals surface area contributed by atoms with Crippen molar-refractivity contribution in [1.29, 1.82) is 0 Å². The number of hydrogen-bond acceptors (Lipinski definition) is 5. The molecule has 0 unspecified atom stereocenters. The number of methoxy groups -OCH3 is 1. The summed E-state index contributed by atoms with van der Waals surface area (Å²) in [7, 11) is 1.56. The molecule has 0 bridgehead atoms. The Bertz CT molecular complexity index is 600. The Morgan fingerprint density at radius 1 is 1.58 bits per heavy atom. The highest BCUT2D eigenvalue weighted by atomic mass is 35.5. The number of nitrogens with zero attached hydrogens (tertiary/aromatic N) is 1. The van der Waals surface area contributed by atoms with Gasteiger partial charge in [-0.1, -0.05) is 11.6 Å². The number of thiazole rings is 1. The summed E-state index contributed by atoms with van der Waals surface area (Å²) in [5.74, 6) is -0.267. The summed E-state index contributed by atoms with van der Waals surface area (Å²) >= 11 is 7.25. The van der Waals surface area contributed by atoms with Gasteiger partial charge in [-0.2, -0.15) is 0 Å². The number of hydrogen-bond donors (Lipinski definition) is 2. The Morgan fingerprint density at radius 2 is 2.37 bits per heavy atom. The van der Waals surface area contributed by atoms with Crippen LogP contribution in [-0.4, -0.2) is 23.2 Å². The first-order chi connectivity index (χ1) is 9.08. The van der Waals surface area contributed by atoms with Crippen molar-refractivity contribution in [2.75, 3.05) is 12.4 Å². The van der Waals surface area contributed by atoms with Crippen molar-refractivity contribution < 1.29 is 14.6 Å². The summed E-state index contributed by atoms with van der Waals surface area (Å²) in [6.45, 7) is 0. The van der Waals surface area contributed by atoms with Gasteiger partial charge in [0.1, 0.15) is 5.75 Å². The highest BCUT2D eigenvalue weighted by Gasteiger charge is 2.09. The van der Waals surface area contributed by atoms with Crippen LogP contribution in [0.4, 0.5) is 10.8 Å². The molecule has 7 heteroatoms. The van der Waals surface area contributed by atoms with Crippen molar-refractivity contribution in [3.8, 4) is 5.75 Å². The zero-order valence-corrected chi connectivity index (χ0v) is 11.6. The first kappa shape index (κ1) is 13.6. The minimum atomic E-state index is -0.905. The van der Waals surface area contributed by atoms with Crippen LogP contribution >= 0.6 is 22.9 Å². The second kappa shape index (κ2) is 5.90. The molecule has 0 radical (unpaired) electrons. The van der Waals surface area contributed by atoms with Crippen LogP contribution in [0.5, 0.6) is 5.75 Å². The second-order valence-corrected chi connectivity index (χ2v) is 4.98. The van der Waals surface area contributed by atoms with Crippen LogP contribution in [0, 0.1) is 0 Å². The Morgan fingerprint density at radius 3 is 3.05 bits per heavy atom. The Hall–Kier alpha value is -1.79. The standard InChI is InChI=1S/C12H11ClN2O3S/c1-18-10-3-2-7(13)4-9(10)15-12-14-8(6-19-12)5-11(16)17/h2-4,6H,5H2,1H3,(H,14,15)(H,16,17). The van der Waals surface area contributed by atoms with E-state index >= 15 is 0 Å². The molecule has 0 aliphatic rings. The SMILES string of the molecule is COc1ccc(Cl)cc1Nc1nc(CC(=O)O)cs1. The van der Waals surface area contributed by atoms with Crippen LogP contribution in [0.3, 0.4) is 0 Å². The van der Waals surface area contributed by atoms with Crippen LogP contribution in [0.25, 0.3) is 0 Å². The van der Waals surface area contributed by atoms with Gasteiger partial charge in [-0.3, -0.25) is 4.79 Å². The minimum absolute atomic E-state index is 0.0924. The Balaban J connectivity index is 2.18. The maximum Gasteiger partial charge on any atom is 0.309 e. The lowest BCUT2D eigenvalue weighted by Crippen LogP contribution is -2.00. The van der Waals surface area contributed by atoms with Gasteiger partial charge in [-0.15, -0.1) is 11.3 Å². The first-order valence-electron chi connectivity index (χ1n) is 5.35. The number of carbonyl (C=O) groups is 1. The third kappa shape index (κ3) is 3.59. The average Bonchev–Trinajstić information content (AvgIpc) is 2.76. The number of carboxylic acids is 1. The number of rotatable bonds is 5. The molecule has 19 heavy (non-hydrogen) atoms. The average molecular weight is 299 g/mol. The van der Waals surface area contributed by atoms with E-state index in [4.69, 9.17) is 21.4 Å². The molecule has 2 rings (SSSR count). The number of halogens is 1. The van der Waals surface area contributed by atoms with Crippen LogP contribution in [-0.2, 0) is 11.2 Å². The lowest BCUT2D eigenvalue weighted by molar-refractivity contribution is -0.136. The summed E-state index contributed by atoms with van der Waals surface area (Å²) in [6, 6.07) is 5.19. The third-order valence-corrected chi connectivity index (χ3v) is 3.33. The molecule has 0 atom stereocenters. The van der Waals surface area contributed by atoms with Gasteiger partial charge in [0.2, 0.25) is 0 Å². The summed E-state index contributed by atoms with van der Waals surface area (Å²) < 4.78 is 5.21. The minimum Gasteiger partial charge on any atom is -0.495 e. The van der Waals surface area contributed by atoms with E-state index in [1.54, 1.807) is 30.7 Å². The van der Waals surface area contributed by atoms with Gasteiger partial charge in [0.05, 0.1) is 24.9 Å². The summed E-state index contributed by atoms with van der Waals surface area (Å²) in [5.41, 5.74) is 1.20. The zero-order chi connectivity index (χ0) is 13.8. The van der Waals surface area contributed by atoms with Gasteiger partial charge in [0, 0.05) is 10.4 Å². The van der Waals surface area contributed by atoms with Crippen molar-refractivity contribution in [1.82, 2.24) is 4.98 Å². The highest BCUT2D eigenvalue weighted by Crippen LogP contribution is 2.31. The van der Waals surface area contributed by atoms with Crippen molar-refractivity contribution >= 4 is 39.7 Å². The van der Waals surface area contributed by atoms with Crippen LogP contribution < -0.4 is 10.1 Å². The van der Waals surface area contributed by atoms with Crippen LogP contribution in [0.1, 0.15) is 5.69 Å². The van der Waals surface area contributed by atoms with Gasteiger partial charge in [0.25, 0.3) is 0 Å². The molecule has 5 nitrogen and oxygen atoms in total. The molecule has 100 valence electrons. The molecule has 0 spiro atoms. The van der Waals surface area contributed by atoms with E-state index in [0.29, 0.717) is 27.3 Å². The number of ether oxygens (including phenoxy) is 1. The van der Waals surface area contributed by atoms with Crippen LogP contribution in [0.15, 0.2) is 23.6 Å². The number of carboxylic acid groups (broad SMARTS) is 1. The largest absolute Gasteiger partial charge is 0.495 e. The van der Waals surface area contributed by atoms with Gasteiger partial charge in [-0.05, 0) is 18.2 Å². The predicted octanol–water partition coefficient (Wildman–Crippen LogP) is 3.18. The molecule has 1 aromatic carbocycles. The molecule has 1 heterocycles. The topological polar surface area (TPSA) is 71.5 Å². The summed E-state index contributed by atoms with van der Waals surface area (Å²) in [4.78, 5) is 14.8. The molecule has 2 aromatic rings. The highest BCUT2D eigenvalue weighted by molar-refractivity contribution is 7.13. The fourth-order valence-electron chi connectivity index (χ4n) is 1.49. The molecule has 0 saturated carbocycles. The number of anilines is 2. The van der Waals surface area contributed by atoms with Crippen molar-refractivity contribution in [3.63, 3.8) is 0 Å². The smallest absolute Gasteiger partial charge is 0.309 e. The van der Waals surface area contributed by atoms with Gasteiger partial charge in [-0.25, -0.2) is 4.98 Å². The first-order valence-corrected chi connectivity index (χ1v) is 6.61. The van der Waals surface area contributed by atoms with E-state index in [9.17, 15) is 4.79 Å². The third-order valence-electron chi connectivity index (χ3n) is 2.29. The van der Waals surface area contributed by atoms with Crippen molar-refractivity contribution in [3.05, 3.63) is 34.3 Å². The fraction of sp³-hybridized carbons (Fsp3) is 0.167. The molecule has 2 N–H and O–H groups in total. The zero-order valence-electron chi connectivity index (χ0n) is 10.0. The second-order valence-electron chi connectivity index (χ2n) is 3.68. The van der Waals surface area contributed by atoms with E-state index in [1.807, 2.05) is 0 Å². The summed E-state index contributed by atoms with van der Waals surface area (Å²) in [6.07, 6.45) is -0.0924. The monoisotopic (exact) mass is 298 g/mol. The molecule has 1 aromatic heterocycles. The molecular weight excluding hydrogens is 288 g/mol. The van der Waals surface area contributed by atoms with E-state index in [-0.39, 0.29) is 6.42 Å². The molecule has 0 aliphatic carbocycles. The maximum absolute atomic E-state index is 10.6. The Labute approximate surface area is 118 Å². The van der Waals surface area contributed by atoms with Crippen molar-refractivity contribution in [2.45, 2.75) is 6.42 Å². The predicted molar refractivity (Wildman–Crippen MR) is 74.7 cm³/mol. The summed E-state index contributed by atoms with van der Waals surface area (Å²) in [5, 5.41) is 14.6. The molecule has 0 saturated heterocycles. The molecule has 0 aliphatic heterocycles. The van der Waals surface area contributed by atoms with E-state index in [1.165, 1.54) is 11.3 Å². The quantitative estimate of drug-likeness (QED) is 0.887.